The smallest absolute Gasteiger partial charge is 0.304 e. The number of hydrogen-bond donors (Lipinski definition) is 3. The van der Waals surface area contributed by atoms with Crippen molar-refractivity contribution in [2.45, 2.75) is 70.9 Å². The van der Waals surface area contributed by atoms with E-state index in [1.807, 2.05) is 6.07 Å². The minimum atomic E-state index is -0.841. The van der Waals surface area contributed by atoms with Crippen LogP contribution in [-0.4, -0.2) is 40.0 Å². The third-order valence-corrected chi connectivity index (χ3v) is 7.50. The fourth-order valence-corrected chi connectivity index (χ4v) is 5.68. The van der Waals surface area contributed by atoms with Crippen LogP contribution in [0, 0.1) is 13.8 Å². The Labute approximate surface area is 223 Å². The second-order valence-corrected chi connectivity index (χ2v) is 11.2. The number of carbonyl (C=O) groups is 1. The zero-order valence-corrected chi connectivity index (χ0v) is 22.5. The first-order valence-corrected chi connectivity index (χ1v) is 13.3. The summed E-state index contributed by atoms with van der Waals surface area (Å²) < 4.78 is 11.7. The summed E-state index contributed by atoms with van der Waals surface area (Å²) in [6.45, 7) is 8.67. The van der Waals surface area contributed by atoms with Crippen LogP contribution < -0.4 is 14.8 Å². The van der Waals surface area contributed by atoms with Crippen molar-refractivity contribution in [2.75, 3.05) is 18.5 Å². The van der Waals surface area contributed by atoms with E-state index in [1.165, 1.54) is 33.4 Å². The second-order valence-electron chi connectivity index (χ2n) is 11.2. The Balaban J connectivity index is 1.35. The van der Waals surface area contributed by atoms with Crippen LogP contribution in [0.5, 0.6) is 11.5 Å². The van der Waals surface area contributed by atoms with Gasteiger partial charge < -0.3 is 25.0 Å². The zero-order chi connectivity index (χ0) is 27.0. The molecule has 2 aromatic carbocycles. The molecule has 2 atom stereocenters. The molecule has 1 aromatic heterocycles. The van der Waals surface area contributed by atoms with Gasteiger partial charge in [0.05, 0.1) is 48.9 Å². The molecule has 5 rings (SSSR count). The highest BCUT2D eigenvalue weighted by atomic mass is 16.5. The molecule has 0 spiro atoms. The number of ether oxygens (including phenoxy) is 2. The molecule has 0 fully saturated rings. The van der Waals surface area contributed by atoms with E-state index in [0.717, 1.165) is 30.0 Å². The number of aromatic nitrogens is 1. The second kappa shape index (κ2) is 10.3. The molecule has 3 aromatic rings. The van der Waals surface area contributed by atoms with Gasteiger partial charge >= 0.3 is 5.97 Å². The Kier molecular flexibility index (Phi) is 7.05. The average Bonchev–Trinajstić information content (AvgIpc) is 3.42. The lowest BCUT2D eigenvalue weighted by Gasteiger charge is -2.20. The third-order valence-electron chi connectivity index (χ3n) is 7.50. The number of nitrogens with zero attached hydrogens (tertiary/aromatic N) is 1. The summed E-state index contributed by atoms with van der Waals surface area (Å²) in [7, 11) is 0. The highest BCUT2D eigenvalue weighted by Crippen LogP contribution is 2.43. The monoisotopic (exact) mass is 516 g/mol. The molecule has 200 valence electrons. The van der Waals surface area contributed by atoms with Gasteiger partial charge in [-0.15, -0.1) is 0 Å². The van der Waals surface area contributed by atoms with Crippen LogP contribution in [0.2, 0.25) is 0 Å². The fraction of sp³-hybridized carbons (Fsp3) is 0.419. The van der Waals surface area contributed by atoms with Crippen molar-refractivity contribution < 1.29 is 24.5 Å². The molecule has 0 unspecified atom stereocenters. The molecule has 38 heavy (non-hydrogen) atoms. The van der Waals surface area contributed by atoms with E-state index >= 15 is 0 Å². The quantitative estimate of drug-likeness (QED) is 0.323. The SMILES string of the molecule is Cc1cc(OCCC(C)(C)O)cc(C)c1-c1cccc2c1CC[C@H]2Nc1cnc2c(c1)OC[C@H]2CC(=O)O. The van der Waals surface area contributed by atoms with Crippen molar-refractivity contribution in [1.29, 1.82) is 0 Å². The van der Waals surface area contributed by atoms with Gasteiger partial charge in [-0.1, -0.05) is 18.2 Å². The first-order valence-electron chi connectivity index (χ1n) is 13.3. The number of rotatable bonds is 9. The van der Waals surface area contributed by atoms with Gasteiger partial charge in [0.1, 0.15) is 11.5 Å². The standard InChI is InChI=1S/C31H36N2O5/c1-18-12-22(37-11-10-31(3,4)36)13-19(2)29(18)25-7-5-6-24-23(25)8-9-26(24)33-21-15-27-30(32-16-21)20(17-38-27)14-28(34)35/h5-7,12-13,15-16,20,26,33,36H,8-11,14,17H2,1-4H3,(H,34,35)/t20-,26-/m1/s1. The molecule has 0 radical (unpaired) electrons. The molecular formula is C31H36N2O5. The van der Waals surface area contributed by atoms with Crippen LogP contribution in [0.15, 0.2) is 42.6 Å². The lowest BCUT2D eigenvalue weighted by atomic mass is 9.90. The molecule has 0 amide bonds. The first kappa shape index (κ1) is 26.0. The van der Waals surface area contributed by atoms with Gasteiger partial charge in [0, 0.05) is 18.4 Å². The van der Waals surface area contributed by atoms with Gasteiger partial charge in [0.2, 0.25) is 0 Å². The summed E-state index contributed by atoms with van der Waals surface area (Å²) in [5, 5.41) is 22.7. The van der Waals surface area contributed by atoms with E-state index in [-0.39, 0.29) is 18.4 Å². The topological polar surface area (TPSA) is 101 Å². The molecule has 0 saturated heterocycles. The maximum Gasteiger partial charge on any atom is 0.304 e. The van der Waals surface area contributed by atoms with E-state index < -0.39 is 11.6 Å². The highest BCUT2D eigenvalue weighted by molar-refractivity contribution is 5.77. The van der Waals surface area contributed by atoms with Crippen molar-refractivity contribution in [2.24, 2.45) is 0 Å². The molecule has 2 aliphatic rings. The van der Waals surface area contributed by atoms with Crippen LogP contribution in [0.3, 0.4) is 0 Å². The van der Waals surface area contributed by atoms with E-state index in [4.69, 9.17) is 14.6 Å². The molecule has 7 heteroatoms. The Morgan fingerprint density at radius 3 is 2.68 bits per heavy atom. The van der Waals surface area contributed by atoms with E-state index in [0.29, 0.717) is 25.4 Å². The van der Waals surface area contributed by atoms with Gasteiger partial charge in [-0.2, -0.15) is 0 Å². The maximum atomic E-state index is 11.1. The fourth-order valence-electron chi connectivity index (χ4n) is 5.68. The van der Waals surface area contributed by atoms with Crippen molar-refractivity contribution in [3.05, 3.63) is 70.5 Å². The summed E-state index contributed by atoms with van der Waals surface area (Å²) in [5.74, 6) is 0.463. The molecule has 3 N–H and O–H groups in total. The highest BCUT2D eigenvalue weighted by Gasteiger charge is 2.30. The van der Waals surface area contributed by atoms with Crippen molar-refractivity contribution >= 4 is 11.7 Å². The van der Waals surface area contributed by atoms with Crippen molar-refractivity contribution in [1.82, 2.24) is 4.98 Å². The number of benzene rings is 2. The number of pyridine rings is 1. The van der Waals surface area contributed by atoms with Crippen LogP contribution in [0.25, 0.3) is 11.1 Å². The van der Waals surface area contributed by atoms with Gasteiger partial charge in [-0.3, -0.25) is 9.78 Å². The Morgan fingerprint density at radius 1 is 1.21 bits per heavy atom. The maximum absolute atomic E-state index is 11.1. The summed E-state index contributed by atoms with van der Waals surface area (Å²) >= 11 is 0. The number of aliphatic hydroxyl groups is 1. The van der Waals surface area contributed by atoms with Crippen LogP contribution in [-0.2, 0) is 11.2 Å². The number of nitrogens with one attached hydrogen (secondary N) is 1. The van der Waals surface area contributed by atoms with Crippen molar-refractivity contribution in [3.8, 4) is 22.6 Å². The summed E-state index contributed by atoms with van der Waals surface area (Å²) in [5.41, 5.74) is 8.36. The molecule has 1 aliphatic heterocycles. The Morgan fingerprint density at radius 2 is 1.97 bits per heavy atom. The molecule has 0 bridgehead atoms. The van der Waals surface area contributed by atoms with Gasteiger partial charge in [-0.05, 0) is 86.1 Å². The minimum Gasteiger partial charge on any atom is -0.493 e. The number of aliphatic carboxylic acids is 1. The number of fused-ring (bicyclic) bond motifs is 2. The van der Waals surface area contributed by atoms with Gasteiger partial charge in [0.15, 0.2) is 0 Å². The number of aryl methyl sites for hydroxylation is 2. The summed E-state index contributed by atoms with van der Waals surface area (Å²) in [6, 6.07) is 12.8. The molecule has 0 saturated carbocycles. The predicted molar refractivity (Wildman–Crippen MR) is 147 cm³/mol. The number of anilines is 1. The summed E-state index contributed by atoms with van der Waals surface area (Å²) in [6.07, 6.45) is 4.33. The third kappa shape index (κ3) is 5.48. The number of carboxylic acids is 1. The molecule has 2 heterocycles. The van der Waals surface area contributed by atoms with Gasteiger partial charge in [-0.25, -0.2) is 0 Å². The largest absolute Gasteiger partial charge is 0.493 e. The zero-order valence-electron chi connectivity index (χ0n) is 22.5. The predicted octanol–water partition coefficient (Wildman–Crippen LogP) is 5.96. The number of hydrogen-bond acceptors (Lipinski definition) is 6. The normalized spacial score (nSPS) is 18.0. The lowest BCUT2D eigenvalue weighted by molar-refractivity contribution is -0.137. The number of carboxylic acid groups (broad SMARTS) is 1. The van der Waals surface area contributed by atoms with E-state index in [2.05, 4.69) is 54.5 Å². The van der Waals surface area contributed by atoms with Crippen LogP contribution in [0.1, 0.15) is 73.0 Å². The molecule has 7 nitrogen and oxygen atoms in total. The van der Waals surface area contributed by atoms with Crippen LogP contribution >= 0.6 is 0 Å². The molecule has 1 aliphatic carbocycles. The molecular weight excluding hydrogens is 480 g/mol. The lowest BCUT2D eigenvalue weighted by Crippen LogP contribution is -2.21. The average molecular weight is 517 g/mol. The summed E-state index contributed by atoms with van der Waals surface area (Å²) in [4.78, 5) is 15.7. The minimum absolute atomic E-state index is 0.0261. The van der Waals surface area contributed by atoms with E-state index in [1.54, 1.807) is 20.0 Å². The first-order chi connectivity index (χ1) is 18.1. The van der Waals surface area contributed by atoms with Crippen molar-refractivity contribution in [3.63, 3.8) is 0 Å². The van der Waals surface area contributed by atoms with Crippen LogP contribution in [0.4, 0.5) is 5.69 Å². The Hall–Kier alpha value is -3.58. The van der Waals surface area contributed by atoms with E-state index in [9.17, 15) is 9.90 Å². The Bertz CT molecular complexity index is 1340. The van der Waals surface area contributed by atoms with Gasteiger partial charge in [0.25, 0.3) is 0 Å².